The molecular weight excluding hydrogens is 429 g/mol. The van der Waals surface area contributed by atoms with E-state index in [1.54, 1.807) is 31.2 Å². The van der Waals surface area contributed by atoms with Gasteiger partial charge in [-0.15, -0.1) is 0 Å². The Hall–Kier alpha value is -2.33. The number of esters is 1. The maximum absolute atomic E-state index is 12.1. The molecule has 3 aromatic rings. The normalized spacial score (nSPS) is 11.0. The molecule has 0 aliphatic carbocycles. The third kappa shape index (κ3) is 5.39. The number of pyridine rings is 1. The van der Waals surface area contributed by atoms with Gasteiger partial charge in [-0.05, 0) is 49.3 Å². The summed E-state index contributed by atoms with van der Waals surface area (Å²) in [5.41, 5.74) is 3.63. The summed E-state index contributed by atoms with van der Waals surface area (Å²) in [5.74, 6) is -0.399. The highest BCUT2D eigenvalue weighted by molar-refractivity contribution is 6.55. The number of nitrogens with zero attached hydrogens (tertiary/aromatic N) is 1. The lowest BCUT2D eigenvalue weighted by atomic mass is 10.0. The maximum Gasteiger partial charge on any atom is 0.338 e. The van der Waals surface area contributed by atoms with E-state index in [1.165, 1.54) is 0 Å². The summed E-state index contributed by atoms with van der Waals surface area (Å²) in [7, 11) is 0. The first kappa shape index (κ1) is 21.4. The van der Waals surface area contributed by atoms with Crippen LogP contribution in [0.1, 0.15) is 34.1 Å². The minimum atomic E-state index is -0.399. The van der Waals surface area contributed by atoms with E-state index in [9.17, 15) is 4.79 Å². The van der Waals surface area contributed by atoms with E-state index in [0.717, 1.165) is 11.1 Å². The van der Waals surface area contributed by atoms with Gasteiger partial charge in [0, 0.05) is 10.9 Å². The van der Waals surface area contributed by atoms with E-state index in [4.69, 9.17) is 44.5 Å². The van der Waals surface area contributed by atoms with Crippen molar-refractivity contribution in [3.05, 3.63) is 86.5 Å². The monoisotopic (exact) mass is 445 g/mol. The zero-order chi connectivity index (χ0) is 20.8. The summed E-state index contributed by atoms with van der Waals surface area (Å²) in [4.78, 5) is 16.8. The van der Waals surface area contributed by atoms with E-state index in [1.807, 2.05) is 42.5 Å². The van der Waals surface area contributed by atoms with Crippen molar-refractivity contribution in [3.63, 3.8) is 0 Å². The number of allylic oxidation sites excluding steroid dienone is 1. The number of halogens is 3. The fourth-order valence-corrected chi connectivity index (χ4v) is 3.35. The second kappa shape index (κ2) is 9.93. The molecule has 0 saturated carbocycles. The van der Waals surface area contributed by atoms with Gasteiger partial charge in [-0.1, -0.05) is 71.2 Å². The fourth-order valence-electron chi connectivity index (χ4n) is 2.87. The Labute approximate surface area is 184 Å². The Balaban J connectivity index is 2.12. The van der Waals surface area contributed by atoms with Crippen LogP contribution in [0.5, 0.6) is 0 Å². The zero-order valence-corrected chi connectivity index (χ0v) is 17.9. The molecule has 1 aromatic heterocycles. The number of ether oxygens (including phenoxy) is 1. The summed E-state index contributed by atoms with van der Waals surface area (Å²) < 4.78 is 5.23. The van der Waals surface area contributed by atoms with Crippen molar-refractivity contribution in [2.45, 2.75) is 13.3 Å². The van der Waals surface area contributed by atoms with Crippen LogP contribution in [0, 0.1) is 0 Å². The Bertz CT molecular complexity index is 1090. The average molecular weight is 447 g/mol. The van der Waals surface area contributed by atoms with E-state index in [-0.39, 0.29) is 4.49 Å². The molecule has 3 rings (SSSR count). The number of fused-ring (bicyclic) bond motifs is 1. The maximum atomic E-state index is 12.1. The lowest BCUT2D eigenvalue weighted by molar-refractivity contribution is 0.0526. The van der Waals surface area contributed by atoms with Crippen LogP contribution < -0.4 is 0 Å². The molecule has 0 amide bonds. The van der Waals surface area contributed by atoms with Gasteiger partial charge in [-0.3, -0.25) is 0 Å². The van der Waals surface area contributed by atoms with Crippen LogP contribution in [-0.2, 0) is 11.2 Å². The van der Waals surface area contributed by atoms with Crippen LogP contribution >= 0.6 is 34.8 Å². The minimum Gasteiger partial charge on any atom is -0.462 e. The van der Waals surface area contributed by atoms with Gasteiger partial charge in [0.2, 0.25) is 0 Å². The Morgan fingerprint density at radius 3 is 2.55 bits per heavy atom. The van der Waals surface area contributed by atoms with Crippen LogP contribution in [-0.4, -0.2) is 17.6 Å². The Kier molecular flexibility index (Phi) is 7.32. The van der Waals surface area contributed by atoms with Crippen LogP contribution in [0.25, 0.3) is 23.1 Å². The van der Waals surface area contributed by atoms with E-state index in [0.29, 0.717) is 40.2 Å². The summed E-state index contributed by atoms with van der Waals surface area (Å²) >= 11 is 18.3. The number of carbonyl (C=O) groups excluding carboxylic acids is 1. The average Bonchev–Trinajstić information content (AvgIpc) is 2.72. The van der Waals surface area contributed by atoms with Crippen LogP contribution in [0.3, 0.4) is 0 Å². The fraction of sp³-hybridized carbons (Fsp3) is 0.130. The molecule has 148 valence electrons. The van der Waals surface area contributed by atoms with Crippen molar-refractivity contribution in [1.29, 1.82) is 0 Å². The Morgan fingerprint density at radius 1 is 1.10 bits per heavy atom. The number of aromatic nitrogens is 1. The smallest absolute Gasteiger partial charge is 0.338 e. The molecule has 0 atom stereocenters. The SMILES string of the molecule is CCOC(=O)c1ccc2nc(C=Cc3ccccc3)c(CC=C(Cl)Cl)c(Cl)c2c1. The molecule has 1 heterocycles. The first-order valence-electron chi connectivity index (χ1n) is 9.03. The van der Waals surface area contributed by atoms with Crippen molar-refractivity contribution < 1.29 is 9.53 Å². The van der Waals surface area contributed by atoms with Crippen molar-refractivity contribution in [2.24, 2.45) is 0 Å². The molecule has 0 fully saturated rings. The second-order valence-electron chi connectivity index (χ2n) is 6.18. The van der Waals surface area contributed by atoms with Crippen LogP contribution in [0.15, 0.2) is 59.1 Å². The van der Waals surface area contributed by atoms with E-state index in [2.05, 4.69) is 0 Å². The number of hydrogen-bond donors (Lipinski definition) is 0. The molecule has 6 heteroatoms. The lowest BCUT2D eigenvalue weighted by Gasteiger charge is -2.11. The molecule has 0 aliphatic heterocycles. The lowest BCUT2D eigenvalue weighted by Crippen LogP contribution is -2.05. The molecule has 0 saturated heterocycles. The first-order valence-corrected chi connectivity index (χ1v) is 10.2. The molecular formula is C23H18Cl3NO2. The molecule has 0 spiro atoms. The number of hydrogen-bond acceptors (Lipinski definition) is 3. The quantitative estimate of drug-likeness (QED) is 0.379. The summed E-state index contributed by atoms with van der Waals surface area (Å²) in [6, 6.07) is 15.0. The van der Waals surface area contributed by atoms with Crippen LogP contribution in [0.2, 0.25) is 5.02 Å². The highest BCUT2D eigenvalue weighted by Crippen LogP contribution is 2.31. The topological polar surface area (TPSA) is 39.2 Å². The van der Waals surface area contributed by atoms with E-state index >= 15 is 0 Å². The van der Waals surface area contributed by atoms with Crippen molar-refractivity contribution in [3.8, 4) is 0 Å². The standard InChI is InChI=1S/C23H18Cl3NO2/c1-2-29-23(28)16-9-12-20-18(14-16)22(26)17(10-13-21(24)25)19(27-20)11-8-15-6-4-3-5-7-15/h3-9,11-14H,2,10H2,1H3. The van der Waals surface area contributed by atoms with Gasteiger partial charge in [-0.25, -0.2) is 9.78 Å². The minimum absolute atomic E-state index is 0.152. The number of carbonyl (C=O) groups is 1. The molecule has 0 bridgehead atoms. The third-order valence-electron chi connectivity index (χ3n) is 4.25. The van der Waals surface area contributed by atoms with Gasteiger partial charge in [0.1, 0.15) is 4.49 Å². The molecule has 3 nitrogen and oxygen atoms in total. The molecule has 0 unspecified atom stereocenters. The summed E-state index contributed by atoms with van der Waals surface area (Å²) in [5, 5.41) is 1.17. The van der Waals surface area contributed by atoms with Crippen molar-refractivity contribution in [2.75, 3.05) is 6.61 Å². The van der Waals surface area contributed by atoms with Gasteiger partial charge in [0.25, 0.3) is 0 Å². The van der Waals surface area contributed by atoms with E-state index < -0.39 is 5.97 Å². The predicted molar refractivity (Wildman–Crippen MR) is 122 cm³/mol. The molecule has 0 N–H and O–H groups in total. The first-order chi connectivity index (χ1) is 14.0. The summed E-state index contributed by atoms with van der Waals surface area (Å²) in [6.45, 7) is 2.06. The van der Waals surface area contributed by atoms with Gasteiger partial charge >= 0.3 is 5.97 Å². The van der Waals surface area contributed by atoms with Crippen molar-refractivity contribution in [1.82, 2.24) is 4.98 Å². The Morgan fingerprint density at radius 2 is 1.86 bits per heavy atom. The van der Waals surface area contributed by atoms with Crippen LogP contribution in [0.4, 0.5) is 0 Å². The number of rotatable bonds is 6. The molecule has 29 heavy (non-hydrogen) atoms. The molecule has 0 aliphatic rings. The van der Waals surface area contributed by atoms with Gasteiger partial charge in [-0.2, -0.15) is 0 Å². The highest BCUT2D eigenvalue weighted by Gasteiger charge is 2.15. The second-order valence-corrected chi connectivity index (χ2v) is 7.57. The third-order valence-corrected chi connectivity index (χ3v) is 4.99. The van der Waals surface area contributed by atoms with Gasteiger partial charge < -0.3 is 4.74 Å². The largest absolute Gasteiger partial charge is 0.462 e. The number of benzene rings is 2. The van der Waals surface area contributed by atoms with Gasteiger partial charge in [0.15, 0.2) is 0 Å². The summed E-state index contributed by atoms with van der Waals surface area (Å²) in [6.07, 6.45) is 5.94. The predicted octanol–water partition coefficient (Wildman–Crippen LogP) is 7.10. The van der Waals surface area contributed by atoms with Gasteiger partial charge in [0.05, 0.1) is 28.4 Å². The zero-order valence-electron chi connectivity index (χ0n) is 15.7. The molecule has 0 radical (unpaired) electrons. The highest BCUT2D eigenvalue weighted by atomic mass is 35.5. The molecule has 2 aromatic carbocycles. The van der Waals surface area contributed by atoms with Crippen molar-refractivity contribution >= 4 is 63.8 Å².